The second-order valence-electron chi connectivity index (χ2n) is 7.08. The third-order valence-corrected chi connectivity index (χ3v) is 5.64. The molecule has 0 spiro atoms. The van der Waals surface area contributed by atoms with E-state index in [4.69, 9.17) is 4.42 Å². The van der Waals surface area contributed by atoms with Crippen LogP contribution in [0.25, 0.3) is 0 Å². The Morgan fingerprint density at radius 2 is 2.00 bits per heavy atom. The summed E-state index contributed by atoms with van der Waals surface area (Å²) in [6.07, 6.45) is 2.19. The van der Waals surface area contributed by atoms with E-state index in [1.807, 2.05) is 53.9 Å². The highest BCUT2D eigenvalue weighted by molar-refractivity contribution is 7.12. The third kappa shape index (κ3) is 4.67. The molecule has 0 bridgehead atoms. The number of nitrogens with one attached hydrogen (secondary N) is 1. The number of anilines is 1. The molecule has 0 radical (unpaired) electrons. The van der Waals surface area contributed by atoms with Crippen molar-refractivity contribution in [2.45, 2.75) is 12.5 Å². The average molecular weight is 423 g/mol. The van der Waals surface area contributed by atoms with Crippen LogP contribution in [-0.2, 0) is 9.59 Å². The summed E-state index contributed by atoms with van der Waals surface area (Å²) in [6, 6.07) is 16.6. The van der Waals surface area contributed by atoms with Crippen LogP contribution >= 0.6 is 11.3 Å². The number of thiophene rings is 1. The minimum Gasteiger partial charge on any atom is -0.467 e. The Morgan fingerprint density at radius 1 is 1.17 bits per heavy atom. The maximum absolute atomic E-state index is 13.0. The number of hydrogen-bond acceptors (Lipinski definition) is 6. The molecule has 0 aliphatic carbocycles. The van der Waals surface area contributed by atoms with E-state index in [-0.39, 0.29) is 30.9 Å². The summed E-state index contributed by atoms with van der Waals surface area (Å²) >= 11 is 1.59. The van der Waals surface area contributed by atoms with Gasteiger partial charge in [0.05, 0.1) is 29.9 Å². The molecule has 1 aliphatic heterocycles. The van der Waals surface area contributed by atoms with Crippen LogP contribution in [0.1, 0.15) is 23.1 Å². The maximum atomic E-state index is 13.0. The van der Waals surface area contributed by atoms with Crippen molar-refractivity contribution in [3.63, 3.8) is 0 Å². The maximum Gasteiger partial charge on any atom is 0.257 e. The zero-order valence-corrected chi connectivity index (χ0v) is 17.3. The normalized spacial score (nSPS) is 16.0. The number of rotatable bonds is 7. The predicted octanol–water partition coefficient (Wildman–Crippen LogP) is 3.59. The molecule has 1 N–H and O–H groups in total. The molecule has 30 heavy (non-hydrogen) atoms. The van der Waals surface area contributed by atoms with Crippen LogP contribution in [0.5, 0.6) is 0 Å². The van der Waals surface area contributed by atoms with Crippen molar-refractivity contribution in [1.29, 1.82) is 0 Å². The Balaban J connectivity index is 1.41. The summed E-state index contributed by atoms with van der Waals surface area (Å²) < 4.78 is 5.56. The number of likely N-dealkylation sites (N-methyl/N-ethyl adjacent to an activating group) is 1. The first kappa shape index (κ1) is 20.1. The van der Waals surface area contributed by atoms with E-state index in [0.29, 0.717) is 12.2 Å². The largest absolute Gasteiger partial charge is 0.467 e. The van der Waals surface area contributed by atoms with Crippen molar-refractivity contribution < 1.29 is 14.0 Å². The minimum absolute atomic E-state index is 0.0701. The fraction of sp³-hybridized carbons (Fsp3) is 0.227. The lowest BCUT2D eigenvalue weighted by atomic mass is 10.1. The van der Waals surface area contributed by atoms with Gasteiger partial charge in [0, 0.05) is 12.1 Å². The standard InChI is InChI=1S/C22H22N4O3S/c1-25(14-21(27)23-16-7-3-2-4-8-16)15-22(28)26-18(19-9-5-11-29-19)13-17(24-26)20-10-6-12-30-20/h2-12,18H,13-15H2,1H3,(H,23,27). The van der Waals surface area contributed by atoms with Gasteiger partial charge in [-0.2, -0.15) is 5.10 Å². The number of carbonyl (C=O) groups excluding carboxylic acids is 2. The molecule has 2 amide bonds. The monoisotopic (exact) mass is 422 g/mol. The van der Waals surface area contributed by atoms with E-state index in [2.05, 4.69) is 10.4 Å². The second-order valence-corrected chi connectivity index (χ2v) is 8.03. The summed E-state index contributed by atoms with van der Waals surface area (Å²) in [5.74, 6) is 0.337. The van der Waals surface area contributed by atoms with E-state index in [0.717, 1.165) is 16.3 Å². The fourth-order valence-corrected chi connectivity index (χ4v) is 4.08. The molecule has 7 nitrogen and oxygen atoms in total. The lowest BCUT2D eigenvalue weighted by Gasteiger charge is -2.23. The van der Waals surface area contributed by atoms with Crippen molar-refractivity contribution >= 4 is 34.6 Å². The van der Waals surface area contributed by atoms with Gasteiger partial charge < -0.3 is 9.73 Å². The van der Waals surface area contributed by atoms with Crippen LogP contribution in [0.15, 0.2) is 75.8 Å². The molecule has 1 aromatic carbocycles. The number of benzene rings is 1. The lowest BCUT2D eigenvalue weighted by molar-refractivity contribution is -0.134. The Hall–Kier alpha value is -3.23. The molecule has 154 valence electrons. The number of carbonyl (C=O) groups is 2. The first-order valence-corrected chi connectivity index (χ1v) is 10.5. The highest BCUT2D eigenvalue weighted by Gasteiger charge is 2.35. The topological polar surface area (TPSA) is 78.2 Å². The summed E-state index contributed by atoms with van der Waals surface area (Å²) in [7, 11) is 1.74. The van der Waals surface area contributed by atoms with Gasteiger partial charge in [-0.05, 0) is 42.8 Å². The number of amides is 2. The molecule has 0 saturated carbocycles. The smallest absolute Gasteiger partial charge is 0.257 e. The molecule has 1 atom stereocenters. The van der Waals surface area contributed by atoms with Crippen LogP contribution in [0.3, 0.4) is 0 Å². The first-order valence-electron chi connectivity index (χ1n) is 9.60. The van der Waals surface area contributed by atoms with Gasteiger partial charge in [0.15, 0.2) is 0 Å². The van der Waals surface area contributed by atoms with Crippen LogP contribution < -0.4 is 5.32 Å². The predicted molar refractivity (Wildman–Crippen MR) is 116 cm³/mol. The van der Waals surface area contributed by atoms with Gasteiger partial charge >= 0.3 is 0 Å². The molecule has 1 unspecified atom stereocenters. The summed E-state index contributed by atoms with van der Waals surface area (Å²) in [6.45, 7) is 0.169. The number of furan rings is 1. The van der Waals surface area contributed by atoms with E-state index in [1.54, 1.807) is 35.6 Å². The van der Waals surface area contributed by atoms with Gasteiger partial charge in [-0.25, -0.2) is 5.01 Å². The number of nitrogens with zero attached hydrogens (tertiary/aromatic N) is 3. The first-order chi connectivity index (χ1) is 14.6. The van der Waals surface area contributed by atoms with Gasteiger partial charge in [0.2, 0.25) is 5.91 Å². The van der Waals surface area contributed by atoms with Crippen LogP contribution in [0.2, 0.25) is 0 Å². The molecule has 2 aromatic heterocycles. The van der Waals surface area contributed by atoms with Crippen LogP contribution in [0, 0.1) is 0 Å². The zero-order chi connectivity index (χ0) is 20.9. The van der Waals surface area contributed by atoms with Gasteiger partial charge in [-0.15, -0.1) is 11.3 Å². The van der Waals surface area contributed by atoms with Crippen LogP contribution in [-0.4, -0.2) is 47.6 Å². The van der Waals surface area contributed by atoms with Gasteiger partial charge in [-0.3, -0.25) is 14.5 Å². The average Bonchev–Trinajstić information content (AvgIpc) is 3.48. The molecule has 8 heteroatoms. The highest BCUT2D eigenvalue weighted by Crippen LogP contribution is 2.34. The Labute approximate surface area is 178 Å². The Bertz CT molecular complexity index is 1020. The van der Waals surface area contributed by atoms with E-state index >= 15 is 0 Å². The number of hydrazone groups is 1. The molecular formula is C22H22N4O3S. The molecule has 0 fully saturated rings. The molecule has 1 aliphatic rings. The van der Waals surface area contributed by atoms with Crippen molar-refractivity contribution in [2.24, 2.45) is 5.10 Å². The minimum atomic E-state index is -0.281. The fourth-order valence-electron chi connectivity index (χ4n) is 3.36. The molecule has 3 aromatic rings. The van der Waals surface area contributed by atoms with Crippen molar-refractivity contribution in [3.8, 4) is 0 Å². The van der Waals surface area contributed by atoms with Crippen LogP contribution in [0.4, 0.5) is 5.69 Å². The van der Waals surface area contributed by atoms with E-state index < -0.39 is 0 Å². The van der Waals surface area contributed by atoms with Gasteiger partial charge in [-0.1, -0.05) is 24.3 Å². The Morgan fingerprint density at radius 3 is 2.70 bits per heavy atom. The zero-order valence-electron chi connectivity index (χ0n) is 16.5. The lowest BCUT2D eigenvalue weighted by Crippen LogP contribution is -2.39. The third-order valence-electron chi connectivity index (χ3n) is 4.72. The van der Waals surface area contributed by atoms with Crippen molar-refractivity contribution in [2.75, 3.05) is 25.5 Å². The summed E-state index contributed by atoms with van der Waals surface area (Å²) in [5.41, 5.74) is 1.59. The number of para-hydroxylation sites is 1. The number of hydrogen-bond donors (Lipinski definition) is 1. The van der Waals surface area contributed by atoms with Gasteiger partial charge in [0.1, 0.15) is 11.8 Å². The summed E-state index contributed by atoms with van der Waals surface area (Å²) in [4.78, 5) is 28.0. The molecular weight excluding hydrogens is 400 g/mol. The quantitative estimate of drug-likeness (QED) is 0.631. The van der Waals surface area contributed by atoms with E-state index in [1.165, 1.54) is 5.01 Å². The highest BCUT2D eigenvalue weighted by atomic mass is 32.1. The van der Waals surface area contributed by atoms with Gasteiger partial charge in [0.25, 0.3) is 5.91 Å². The Kier molecular flexibility index (Phi) is 6.06. The van der Waals surface area contributed by atoms with E-state index in [9.17, 15) is 9.59 Å². The SMILES string of the molecule is CN(CC(=O)Nc1ccccc1)CC(=O)N1N=C(c2cccs2)CC1c1ccco1. The molecule has 4 rings (SSSR count). The molecule has 0 saturated heterocycles. The van der Waals surface area contributed by atoms with Crippen molar-refractivity contribution in [3.05, 3.63) is 76.9 Å². The summed E-state index contributed by atoms with van der Waals surface area (Å²) in [5, 5.41) is 10.9. The van der Waals surface area contributed by atoms with Crippen molar-refractivity contribution in [1.82, 2.24) is 9.91 Å². The molecule has 3 heterocycles. The second kappa shape index (κ2) is 9.06.